The number of rotatable bonds is 10. The van der Waals surface area contributed by atoms with Crippen LogP contribution in [0.5, 0.6) is 0 Å². The zero-order chi connectivity index (χ0) is 29.0. The highest BCUT2D eigenvalue weighted by atomic mass is 32.2. The molecule has 0 aromatic heterocycles. The molecule has 1 saturated heterocycles. The maximum Gasteiger partial charge on any atom is 0.493 e. The summed E-state index contributed by atoms with van der Waals surface area (Å²) < 4.78 is 45.8. The lowest BCUT2D eigenvalue weighted by molar-refractivity contribution is -0.243. The fraction of sp³-hybridized carbons (Fsp3) is 0.607. The van der Waals surface area contributed by atoms with E-state index in [2.05, 4.69) is 5.32 Å². The summed E-state index contributed by atoms with van der Waals surface area (Å²) in [6.45, 7) is 1.90. The average molecular weight is 597 g/mol. The van der Waals surface area contributed by atoms with Crippen LogP contribution in [0.4, 0.5) is 13.2 Å². The topological polar surface area (TPSA) is 91.4 Å². The van der Waals surface area contributed by atoms with E-state index in [0.717, 1.165) is 42.7 Å². The number of hydrogen-bond acceptors (Lipinski definition) is 8. The number of nitrogens with one attached hydrogen (secondary N) is 1. The number of ether oxygens (including phenoxy) is 1. The van der Waals surface area contributed by atoms with Crippen molar-refractivity contribution in [1.82, 2.24) is 20.2 Å². The van der Waals surface area contributed by atoms with Crippen molar-refractivity contribution < 1.29 is 37.1 Å². The Hall–Kier alpha value is -2.77. The van der Waals surface area contributed by atoms with Gasteiger partial charge in [-0.25, -0.2) is 4.79 Å². The van der Waals surface area contributed by atoms with E-state index in [1.54, 1.807) is 4.90 Å². The summed E-state index contributed by atoms with van der Waals surface area (Å²) >= 11 is 1.35. The molecule has 0 bridgehead atoms. The zero-order valence-corrected chi connectivity index (χ0v) is 23.6. The van der Waals surface area contributed by atoms with Crippen molar-refractivity contribution in [2.45, 2.75) is 74.5 Å². The fourth-order valence-corrected chi connectivity index (χ4v) is 6.90. The number of alkyl halides is 3. The molecule has 13 heteroatoms. The van der Waals surface area contributed by atoms with Gasteiger partial charge in [-0.1, -0.05) is 36.8 Å². The van der Waals surface area contributed by atoms with Crippen molar-refractivity contribution >= 4 is 29.5 Å². The van der Waals surface area contributed by atoms with Crippen LogP contribution in [0.2, 0.25) is 0 Å². The van der Waals surface area contributed by atoms with Crippen LogP contribution in [-0.4, -0.2) is 88.5 Å². The summed E-state index contributed by atoms with van der Waals surface area (Å²) in [4.78, 5) is 47.1. The standard InChI is InChI=1S/C28H35F3N4O5S/c29-28(30,31)26(38)40-35-23-12-14-33(24(36)11-13-32-16-19-6-2-1-3-7-19)18-22(23)25(37)34(17-20-8-5-15-39-20)27(35)41-21-9-4-10-21/h1-3,6-7,20-21,27,32H,4-5,8-18H2/t20-,27?/m1/s1. The van der Waals surface area contributed by atoms with Crippen LogP contribution in [0.3, 0.4) is 0 Å². The largest absolute Gasteiger partial charge is 0.493 e. The Morgan fingerprint density at radius 1 is 1.12 bits per heavy atom. The lowest BCUT2D eigenvalue weighted by Gasteiger charge is -2.48. The number of hydroxylamine groups is 2. The number of carbonyl (C=O) groups excluding carboxylic acids is 3. The Morgan fingerprint density at radius 2 is 1.90 bits per heavy atom. The molecule has 1 aromatic rings. The number of thioether (sulfide) groups is 1. The first kappa shape index (κ1) is 29.7. The van der Waals surface area contributed by atoms with E-state index in [9.17, 15) is 27.6 Å². The maximum atomic E-state index is 13.9. The Bertz CT molecular complexity index is 1140. The first-order valence-electron chi connectivity index (χ1n) is 14.1. The molecule has 1 aliphatic carbocycles. The van der Waals surface area contributed by atoms with E-state index < -0.39 is 17.6 Å². The number of hydrogen-bond donors (Lipinski definition) is 1. The minimum absolute atomic E-state index is 0.0609. The first-order valence-corrected chi connectivity index (χ1v) is 15.1. The molecule has 3 heterocycles. The highest BCUT2D eigenvalue weighted by Crippen LogP contribution is 2.43. The summed E-state index contributed by atoms with van der Waals surface area (Å²) in [5.41, 5.74) is 0.570. The Balaban J connectivity index is 1.33. The van der Waals surface area contributed by atoms with Gasteiger partial charge in [-0.15, -0.1) is 11.8 Å². The molecule has 2 fully saturated rings. The predicted octanol–water partition coefficient (Wildman–Crippen LogP) is 3.57. The molecule has 5 rings (SSSR count). The van der Waals surface area contributed by atoms with Gasteiger partial charge in [-0.05, 0) is 31.2 Å². The second kappa shape index (κ2) is 13.0. The van der Waals surface area contributed by atoms with Gasteiger partial charge in [0, 0.05) is 44.3 Å². The lowest BCUT2D eigenvalue weighted by Crippen LogP contribution is -2.60. The monoisotopic (exact) mass is 596 g/mol. The second-order valence-corrected chi connectivity index (χ2v) is 12.1. The number of carbonyl (C=O) groups is 3. The van der Waals surface area contributed by atoms with Crippen LogP contribution in [0.15, 0.2) is 41.6 Å². The van der Waals surface area contributed by atoms with Crippen LogP contribution in [0.1, 0.15) is 50.5 Å². The molecule has 0 spiro atoms. The van der Waals surface area contributed by atoms with Gasteiger partial charge in [0.2, 0.25) is 5.91 Å². The maximum absolute atomic E-state index is 13.9. The van der Waals surface area contributed by atoms with Crippen LogP contribution in [-0.2, 0) is 30.5 Å². The lowest BCUT2D eigenvalue weighted by atomic mass is 10.00. The number of halogens is 3. The van der Waals surface area contributed by atoms with Gasteiger partial charge in [0.05, 0.1) is 30.5 Å². The van der Waals surface area contributed by atoms with Crippen LogP contribution >= 0.6 is 11.8 Å². The normalized spacial score (nSPS) is 23.5. The van der Waals surface area contributed by atoms with Crippen molar-refractivity contribution in [3.05, 3.63) is 47.2 Å². The highest BCUT2D eigenvalue weighted by molar-refractivity contribution is 8.00. The van der Waals surface area contributed by atoms with E-state index in [-0.39, 0.29) is 66.9 Å². The van der Waals surface area contributed by atoms with Gasteiger partial charge in [-0.2, -0.15) is 18.2 Å². The third-order valence-corrected chi connectivity index (χ3v) is 9.36. The van der Waals surface area contributed by atoms with Crippen LogP contribution < -0.4 is 5.32 Å². The summed E-state index contributed by atoms with van der Waals surface area (Å²) in [5.74, 6) is -2.86. The average Bonchev–Trinajstić information content (AvgIpc) is 3.45. The van der Waals surface area contributed by atoms with Crippen LogP contribution in [0.25, 0.3) is 0 Å². The van der Waals surface area contributed by atoms with E-state index in [4.69, 9.17) is 9.57 Å². The van der Waals surface area contributed by atoms with Gasteiger partial charge in [0.15, 0.2) is 5.50 Å². The molecule has 2 amide bonds. The molecule has 4 aliphatic rings. The molecule has 1 saturated carbocycles. The van der Waals surface area contributed by atoms with Crippen molar-refractivity contribution in [3.8, 4) is 0 Å². The molecule has 1 N–H and O–H groups in total. The zero-order valence-electron chi connectivity index (χ0n) is 22.7. The summed E-state index contributed by atoms with van der Waals surface area (Å²) in [5, 5.41) is 4.37. The second-order valence-electron chi connectivity index (χ2n) is 10.7. The third kappa shape index (κ3) is 7.18. The van der Waals surface area contributed by atoms with Gasteiger partial charge < -0.3 is 24.7 Å². The Labute approximate surface area is 241 Å². The molecule has 9 nitrogen and oxygen atoms in total. The molecular weight excluding hydrogens is 561 g/mol. The van der Waals surface area contributed by atoms with E-state index in [1.807, 2.05) is 30.3 Å². The fourth-order valence-electron chi connectivity index (χ4n) is 5.35. The van der Waals surface area contributed by atoms with Crippen molar-refractivity contribution in [2.75, 3.05) is 32.8 Å². The summed E-state index contributed by atoms with van der Waals surface area (Å²) in [6, 6.07) is 9.78. The SMILES string of the molecule is O=C(CCNCc1ccccc1)N1CCC2=C(C1)C(=O)N(C[C@H]1CCCO1)C(SC1CCC1)N2OC(=O)C(F)(F)F. The first-order chi connectivity index (χ1) is 19.7. The number of benzene rings is 1. The summed E-state index contributed by atoms with van der Waals surface area (Å²) in [6.07, 6.45) is -0.862. The minimum atomic E-state index is -5.20. The van der Waals surface area contributed by atoms with Crippen molar-refractivity contribution in [3.63, 3.8) is 0 Å². The minimum Gasteiger partial charge on any atom is -0.376 e. The molecule has 2 atom stereocenters. The smallest absolute Gasteiger partial charge is 0.376 e. The number of amides is 2. The van der Waals surface area contributed by atoms with E-state index in [0.29, 0.717) is 19.7 Å². The molecule has 1 unspecified atom stereocenters. The Kier molecular flexibility index (Phi) is 9.45. The number of nitrogens with zero attached hydrogens (tertiary/aromatic N) is 3. The molecule has 224 valence electrons. The predicted molar refractivity (Wildman–Crippen MR) is 145 cm³/mol. The molecule has 0 radical (unpaired) electrons. The van der Waals surface area contributed by atoms with E-state index in [1.165, 1.54) is 16.7 Å². The molecule has 41 heavy (non-hydrogen) atoms. The van der Waals surface area contributed by atoms with Crippen molar-refractivity contribution in [2.24, 2.45) is 0 Å². The quantitative estimate of drug-likeness (QED) is 0.410. The molecule has 1 aromatic carbocycles. The molecular formula is C28H35F3N4O5S. The van der Waals surface area contributed by atoms with Gasteiger partial charge in [0.1, 0.15) is 0 Å². The van der Waals surface area contributed by atoms with Gasteiger partial charge in [0.25, 0.3) is 5.91 Å². The van der Waals surface area contributed by atoms with Gasteiger partial charge in [-0.3, -0.25) is 9.59 Å². The van der Waals surface area contributed by atoms with Gasteiger partial charge >= 0.3 is 12.1 Å². The highest BCUT2D eigenvalue weighted by Gasteiger charge is 2.50. The van der Waals surface area contributed by atoms with Crippen LogP contribution in [0, 0.1) is 0 Å². The summed E-state index contributed by atoms with van der Waals surface area (Å²) in [7, 11) is 0. The molecule has 3 aliphatic heterocycles. The van der Waals surface area contributed by atoms with E-state index >= 15 is 0 Å². The third-order valence-electron chi connectivity index (χ3n) is 7.81. The van der Waals surface area contributed by atoms with Crippen molar-refractivity contribution in [1.29, 1.82) is 0 Å². The Morgan fingerprint density at radius 3 is 2.56 bits per heavy atom.